The first-order valence-electron chi connectivity index (χ1n) is 5.86. The van der Waals surface area contributed by atoms with E-state index in [0.717, 1.165) is 22.1 Å². The van der Waals surface area contributed by atoms with E-state index < -0.39 is 0 Å². The summed E-state index contributed by atoms with van der Waals surface area (Å²) in [6.45, 7) is 0. The molecule has 0 unspecified atom stereocenters. The molecule has 0 aliphatic heterocycles. The molecule has 0 aliphatic rings. The average molecular weight is 244 g/mol. The highest BCUT2D eigenvalue weighted by atomic mass is 16.5. The van der Waals surface area contributed by atoms with Crippen molar-refractivity contribution in [1.82, 2.24) is 0 Å². The molecule has 0 aromatic heterocycles. The summed E-state index contributed by atoms with van der Waals surface area (Å²) in [6, 6.07) is 12.1. The molecule has 94 valence electrons. The van der Waals surface area contributed by atoms with Crippen molar-refractivity contribution in [1.29, 1.82) is 0 Å². The second kappa shape index (κ2) is 5.54. The summed E-state index contributed by atoms with van der Waals surface area (Å²) in [7, 11) is 3.07. The number of esters is 1. The SMILES string of the molecule is COC(=O)CCc1ccc2cc(OC)ccc2c1. The Bertz CT molecular complexity index is 561. The Labute approximate surface area is 106 Å². The van der Waals surface area contributed by atoms with Crippen LogP contribution in [0.1, 0.15) is 12.0 Å². The number of methoxy groups -OCH3 is 2. The van der Waals surface area contributed by atoms with Crippen LogP contribution in [0.25, 0.3) is 10.8 Å². The van der Waals surface area contributed by atoms with Crippen LogP contribution in [0.2, 0.25) is 0 Å². The normalized spacial score (nSPS) is 10.3. The van der Waals surface area contributed by atoms with E-state index in [0.29, 0.717) is 12.8 Å². The monoisotopic (exact) mass is 244 g/mol. The number of ether oxygens (including phenoxy) is 2. The van der Waals surface area contributed by atoms with E-state index in [1.54, 1.807) is 7.11 Å². The molecule has 0 saturated heterocycles. The third kappa shape index (κ3) is 2.80. The van der Waals surface area contributed by atoms with Crippen LogP contribution in [0.5, 0.6) is 5.75 Å². The summed E-state index contributed by atoms with van der Waals surface area (Å²) in [5.41, 5.74) is 1.14. The van der Waals surface area contributed by atoms with Gasteiger partial charge in [-0.1, -0.05) is 24.3 Å². The Morgan fingerprint density at radius 1 is 1.06 bits per heavy atom. The molecule has 2 aromatic rings. The molecule has 18 heavy (non-hydrogen) atoms. The largest absolute Gasteiger partial charge is 0.497 e. The maximum absolute atomic E-state index is 11.1. The second-order valence-electron chi connectivity index (χ2n) is 4.12. The Kier molecular flexibility index (Phi) is 3.82. The zero-order chi connectivity index (χ0) is 13.0. The Hall–Kier alpha value is -2.03. The van der Waals surface area contributed by atoms with Crippen molar-refractivity contribution in [2.45, 2.75) is 12.8 Å². The molecule has 0 fully saturated rings. The van der Waals surface area contributed by atoms with Gasteiger partial charge in [-0.3, -0.25) is 4.79 Å². The molecule has 0 radical (unpaired) electrons. The van der Waals surface area contributed by atoms with Crippen molar-refractivity contribution < 1.29 is 14.3 Å². The molecular weight excluding hydrogens is 228 g/mol. The van der Waals surface area contributed by atoms with Crippen LogP contribution >= 0.6 is 0 Å². The van der Waals surface area contributed by atoms with Crippen LogP contribution in [0.3, 0.4) is 0 Å². The third-order valence-electron chi connectivity index (χ3n) is 2.96. The second-order valence-corrected chi connectivity index (χ2v) is 4.12. The maximum Gasteiger partial charge on any atom is 0.305 e. The van der Waals surface area contributed by atoms with Crippen molar-refractivity contribution in [2.24, 2.45) is 0 Å². The van der Waals surface area contributed by atoms with Gasteiger partial charge in [-0.15, -0.1) is 0 Å². The average Bonchev–Trinajstić information content (AvgIpc) is 2.43. The first kappa shape index (κ1) is 12.4. The Morgan fingerprint density at radius 2 is 1.78 bits per heavy atom. The smallest absolute Gasteiger partial charge is 0.305 e. The highest BCUT2D eigenvalue weighted by Gasteiger charge is 2.03. The van der Waals surface area contributed by atoms with E-state index in [2.05, 4.69) is 10.8 Å². The number of carbonyl (C=O) groups excluding carboxylic acids is 1. The molecule has 2 rings (SSSR count). The first-order valence-corrected chi connectivity index (χ1v) is 5.86. The van der Waals surface area contributed by atoms with Gasteiger partial charge in [0.25, 0.3) is 0 Å². The number of fused-ring (bicyclic) bond motifs is 1. The van der Waals surface area contributed by atoms with Crippen LogP contribution in [0.15, 0.2) is 36.4 Å². The molecule has 0 atom stereocenters. The summed E-state index contributed by atoms with van der Waals surface area (Å²) < 4.78 is 9.82. The van der Waals surface area contributed by atoms with Crippen LogP contribution < -0.4 is 4.74 Å². The van der Waals surface area contributed by atoms with Crippen LogP contribution in [0.4, 0.5) is 0 Å². The fraction of sp³-hybridized carbons (Fsp3) is 0.267. The third-order valence-corrected chi connectivity index (χ3v) is 2.96. The number of aryl methyl sites for hydroxylation is 1. The molecule has 0 aliphatic carbocycles. The van der Waals surface area contributed by atoms with Crippen LogP contribution in [-0.2, 0) is 16.0 Å². The zero-order valence-corrected chi connectivity index (χ0v) is 10.6. The van der Waals surface area contributed by atoms with Crippen molar-refractivity contribution in [3.8, 4) is 5.75 Å². The van der Waals surface area contributed by atoms with Crippen molar-refractivity contribution in [3.63, 3.8) is 0 Å². The van der Waals surface area contributed by atoms with Gasteiger partial charge < -0.3 is 9.47 Å². The lowest BCUT2D eigenvalue weighted by molar-refractivity contribution is -0.140. The van der Waals surface area contributed by atoms with E-state index in [4.69, 9.17) is 4.74 Å². The van der Waals surface area contributed by atoms with E-state index in [9.17, 15) is 4.79 Å². The minimum absolute atomic E-state index is 0.176. The van der Waals surface area contributed by atoms with E-state index in [-0.39, 0.29) is 5.97 Å². The zero-order valence-electron chi connectivity index (χ0n) is 10.6. The van der Waals surface area contributed by atoms with E-state index >= 15 is 0 Å². The molecular formula is C15H16O3. The van der Waals surface area contributed by atoms with Crippen molar-refractivity contribution in [2.75, 3.05) is 14.2 Å². The summed E-state index contributed by atoms with van der Waals surface area (Å²) in [6.07, 6.45) is 1.12. The Morgan fingerprint density at radius 3 is 2.50 bits per heavy atom. The summed E-state index contributed by atoms with van der Waals surface area (Å²) >= 11 is 0. The standard InChI is InChI=1S/C15H16O3/c1-17-14-7-6-12-9-11(3-5-13(12)10-14)4-8-15(16)18-2/h3,5-7,9-10H,4,8H2,1-2H3. The minimum atomic E-state index is -0.176. The van der Waals surface area contributed by atoms with Crippen molar-refractivity contribution >= 4 is 16.7 Å². The lowest BCUT2D eigenvalue weighted by Gasteiger charge is -2.05. The highest BCUT2D eigenvalue weighted by Crippen LogP contribution is 2.22. The first-order chi connectivity index (χ1) is 8.72. The number of carbonyl (C=O) groups is 1. The van der Waals surface area contributed by atoms with Crippen LogP contribution in [-0.4, -0.2) is 20.2 Å². The maximum atomic E-state index is 11.1. The summed E-state index contributed by atoms with van der Waals surface area (Å²) in [5.74, 6) is 0.676. The molecule has 0 spiro atoms. The Balaban J connectivity index is 2.20. The highest BCUT2D eigenvalue weighted by molar-refractivity contribution is 5.84. The fourth-order valence-electron chi connectivity index (χ4n) is 1.90. The molecule has 3 heteroatoms. The summed E-state index contributed by atoms with van der Waals surface area (Å²) in [5, 5.41) is 2.29. The number of rotatable bonds is 4. The lowest BCUT2D eigenvalue weighted by Crippen LogP contribution is -2.01. The topological polar surface area (TPSA) is 35.5 Å². The molecule has 0 amide bonds. The predicted octanol–water partition coefficient (Wildman–Crippen LogP) is 2.95. The molecule has 0 saturated carbocycles. The molecule has 2 aromatic carbocycles. The predicted molar refractivity (Wildman–Crippen MR) is 70.8 cm³/mol. The number of hydrogen-bond acceptors (Lipinski definition) is 3. The van der Waals surface area contributed by atoms with E-state index in [1.807, 2.05) is 30.3 Å². The molecule has 3 nitrogen and oxygen atoms in total. The van der Waals surface area contributed by atoms with Gasteiger partial charge in [0.05, 0.1) is 14.2 Å². The van der Waals surface area contributed by atoms with Gasteiger partial charge in [0, 0.05) is 6.42 Å². The molecule has 0 heterocycles. The number of benzene rings is 2. The van der Waals surface area contributed by atoms with Gasteiger partial charge in [-0.25, -0.2) is 0 Å². The van der Waals surface area contributed by atoms with Crippen molar-refractivity contribution in [3.05, 3.63) is 42.0 Å². The van der Waals surface area contributed by atoms with Gasteiger partial charge in [0.15, 0.2) is 0 Å². The quantitative estimate of drug-likeness (QED) is 0.776. The fourth-order valence-corrected chi connectivity index (χ4v) is 1.90. The van der Waals surface area contributed by atoms with Crippen LogP contribution in [0, 0.1) is 0 Å². The number of hydrogen-bond donors (Lipinski definition) is 0. The lowest BCUT2D eigenvalue weighted by atomic mass is 10.0. The molecule has 0 bridgehead atoms. The van der Waals surface area contributed by atoms with Gasteiger partial charge >= 0.3 is 5.97 Å². The summed E-state index contributed by atoms with van der Waals surface area (Å²) in [4.78, 5) is 11.1. The van der Waals surface area contributed by atoms with Gasteiger partial charge in [-0.05, 0) is 34.9 Å². The van der Waals surface area contributed by atoms with Gasteiger partial charge in [0.2, 0.25) is 0 Å². The minimum Gasteiger partial charge on any atom is -0.497 e. The van der Waals surface area contributed by atoms with Gasteiger partial charge in [0.1, 0.15) is 5.75 Å². The van der Waals surface area contributed by atoms with Gasteiger partial charge in [-0.2, -0.15) is 0 Å². The van der Waals surface area contributed by atoms with E-state index in [1.165, 1.54) is 7.11 Å². The molecule has 0 N–H and O–H groups in total.